The quantitative estimate of drug-likeness (QED) is 0.451. The number of carbonyl (C=O) groups excluding carboxylic acids is 2. The summed E-state index contributed by atoms with van der Waals surface area (Å²) in [4.78, 5) is 25.9. The first-order valence-electron chi connectivity index (χ1n) is 7.39. The Morgan fingerprint density at radius 2 is 2.21 bits per heavy atom. The Morgan fingerprint density at radius 3 is 3.00 bits per heavy atom. The normalized spacial score (nSPS) is 17.7. The zero-order valence-corrected chi connectivity index (χ0v) is 14.6. The molecule has 0 unspecified atom stereocenters. The molecule has 0 bridgehead atoms. The maximum atomic E-state index is 12.5. The third-order valence-corrected chi connectivity index (χ3v) is 4.79. The van der Waals surface area contributed by atoms with Gasteiger partial charge in [-0.15, -0.1) is 0 Å². The van der Waals surface area contributed by atoms with Gasteiger partial charge in [-0.25, -0.2) is 0 Å². The average molecular weight is 365 g/mol. The minimum Gasteiger partial charge on any atom is -0.466 e. The Hall–Kier alpha value is -2.06. The molecule has 2 aliphatic heterocycles. The molecule has 0 aliphatic carbocycles. The van der Waals surface area contributed by atoms with Crippen LogP contribution in [0, 0.1) is 0 Å². The van der Waals surface area contributed by atoms with Crippen LogP contribution in [0.4, 0.5) is 0 Å². The van der Waals surface area contributed by atoms with E-state index in [1.807, 2.05) is 12.1 Å². The lowest BCUT2D eigenvalue weighted by Crippen LogP contribution is -2.30. The summed E-state index contributed by atoms with van der Waals surface area (Å²) in [6.07, 6.45) is 1.88. The summed E-state index contributed by atoms with van der Waals surface area (Å²) >= 11 is 6.46. The lowest BCUT2D eigenvalue weighted by molar-refractivity contribution is -0.143. The highest BCUT2D eigenvalue weighted by Crippen LogP contribution is 2.36. The molecular weight excluding hydrogens is 350 g/mol. The SMILES string of the molecule is CCOC(=O)CCN1C(=O)/C(=C\c2ccc3c(c2)OCO3)SC1=S. The predicted molar refractivity (Wildman–Crippen MR) is 93.7 cm³/mol. The molecule has 2 heterocycles. The van der Waals surface area contributed by atoms with Crippen LogP contribution in [0.5, 0.6) is 11.5 Å². The first-order chi connectivity index (χ1) is 11.6. The molecule has 1 aromatic carbocycles. The number of nitrogens with zero attached hydrogens (tertiary/aromatic N) is 1. The third kappa shape index (κ3) is 3.54. The van der Waals surface area contributed by atoms with Crippen molar-refractivity contribution in [3.63, 3.8) is 0 Å². The molecule has 24 heavy (non-hydrogen) atoms. The molecule has 1 saturated heterocycles. The van der Waals surface area contributed by atoms with Crippen molar-refractivity contribution >= 4 is 46.3 Å². The van der Waals surface area contributed by atoms with Crippen LogP contribution in [0.15, 0.2) is 23.1 Å². The first kappa shape index (κ1) is 16.8. The van der Waals surface area contributed by atoms with Crippen molar-refractivity contribution in [3.05, 3.63) is 28.7 Å². The van der Waals surface area contributed by atoms with Crippen LogP contribution in [-0.2, 0) is 14.3 Å². The van der Waals surface area contributed by atoms with Gasteiger partial charge in [-0.2, -0.15) is 0 Å². The number of esters is 1. The van der Waals surface area contributed by atoms with Gasteiger partial charge in [0.05, 0.1) is 17.9 Å². The van der Waals surface area contributed by atoms with E-state index in [9.17, 15) is 9.59 Å². The Balaban J connectivity index is 1.70. The second-order valence-corrected chi connectivity index (χ2v) is 6.68. The molecule has 0 spiro atoms. The summed E-state index contributed by atoms with van der Waals surface area (Å²) in [6.45, 7) is 2.49. The van der Waals surface area contributed by atoms with Gasteiger partial charge >= 0.3 is 5.97 Å². The number of hydrogen-bond acceptors (Lipinski definition) is 7. The Bertz CT molecular complexity index is 731. The lowest BCUT2D eigenvalue weighted by atomic mass is 10.2. The molecule has 1 aromatic rings. The maximum absolute atomic E-state index is 12.5. The molecule has 3 rings (SSSR count). The van der Waals surface area contributed by atoms with Crippen molar-refractivity contribution < 1.29 is 23.8 Å². The van der Waals surface area contributed by atoms with Gasteiger partial charge in [-0.05, 0) is 30.7 Å². The Labute approximate surface area is 148 Å². The van der Waals surface area contributed by atoms with Crippen LogP contribution in [0.1, 0.15) is 18.9 Å². The summed E-state index contributed by atoms with van der Waals surface area (Å²) in [5.41, 5.74) is 0.824. The van der Waals surface area contributed by atoms with Crippen molar-refractivity contribution in [1.82, 2.24) is 4.90 Å². The van der Waals surface area contributed by atoms with Gasteiger partial charge in [0.15, 0.2) is 11.5 Å². The summed E-state index contributed by atoms with van der Waals surface area (Å²) in [5, 5.41) is 0. The lowest BCUT2D eigenvalue weighted by Gasteiger charge is -2.13. The fraction of sp³-hybridized carbons (Fsp3) is 0.312. The molecule has 0 aromatic heterocycles. The molecule has 0 saturated carbocycles. The van der Waals surface area contributed by atoms with Crippen LogP contribution < -0.4 is 9.47 Å². The van der Waals surface area contributed by atoms with E-state index in [0.717, 1.165) is 5.56 Å². The van der Waals surface area contributed by atoms with Crippen LogP contribution in [0.2, 0.25) is 0 Å². The van der Waals surface area contributed by atoms with E-state index < -0.39 is 0 Å². The van der Waals surface area contributed by atoms with Crippen molar-refractivity contribution in [1.29, 1.82) is 0 Å². The van der Waals surface area contributed by atoms with Crippen molar-refractivity contribution in [2.75, 3.05) is 19.9 Å². The van der Waals surface area contributed by atoms with Crippen LogP contribution in [0.3, 0.4) is 0 Å². The van der Waals surface area contributed by atoms with E-state index in [-0.39, 0.29) is 31.6 Å². The van der Waals surface area contributed by atoms with E-state index in [1.54, 1.807) is 19.1 Å². The molecular formula is C16H15NO5S2. The van der Waals surface area contributed by atoms with Crippen LogP contribution >= 0.6 is 24.0 Å². The zero-order valence-electron chi connectivity index (χ0n) is 12.9. The standard InChI is InChI=1S/C16H15NO5S2/c1-2-20-14(18)5-6-17-15(19)13(24-16(17)23)8-10-3-4-11-12(7-10)22-9-21-11/h3-4,7-8H,2,5-6,9H2,1H3/b13-8+. The van der Waals surface area contributed by atoms with E-state index >= 15 is 0 Å². The number of benzene rings is 1. The van der Waals surface area contributed by atoms with Gasteiger partial charge in [0.2, 0.25) is 6.79 Å². The van der Waals surface area contributed by atoms with Gasteiger partial charge in [0.25, 0.3) is 5.91 Å². The Morgan fingerprint density at radius 1 is 1.42 bits per heavy atom. The van der Waals surface area contributed by atoms with E-state index in [2.05, 4.69) is 0 Å². The molecule has 0 radical (unpaired) electrons. The number of fused-ring (bicyclic) bond motifs is 1. The minimum atomic E-state index is -0.341. The van der Waals surface area contributed by atoms with Gasteiger partial charge in [0.1, 0.15) is 4.32 Å². The van der Waals surface area contributed by atoms with Gasteiger partial charge < -0.3 is 14.2 Å². The highest BCUT2D eigenvalue weighted by atomic mass is 32.2. The summed E-state index contributed by atoms with van der Waals surface area (Å²) in [5.74, 6) is 0.800. The smallest absolute Gasteiger partial charge is 0.307 e. The van der Waals surface area contributed by atoms with Crippen LogP contribution in [-0.4, -0.2) is 41.0 Å². The number of thioether (sulfide) groups is 1. The average Bonchev–Trinajstić information content (AvgIpc) is 3.11. The molecule has 1 amide bonds. The number of carbonyl (C=O) groups is 2. The van der Waals surface area contributed by atoms with Crippen molar-refractivity contribution in [3.8, 4) is 11.5 Å². The van der Waals surface area contributed by atoms with Gasteiger partial charge in [0, 0.05) is 6.54 Å². The van der Waals surface area contributed by atoms with E-state index in [1.165, 1.54) is 16.7 Å². The fourth-order valence-corrected chi connectivity index (χ4v) is 3.59. The third-order valence-electron chi connectivity index (χ3n) is 3.41. The minimum absolute atomic E-state index is 0.123. The number of hydrogen-bond donors (Lipinski definition) is 0. The number of thiocarbonyl (C=S) groups is 1. The monoisotopic (exact) mass is 365 g/mol. The molecule has 2 aliphatic rings. The highest BCUT2D eigenvalue weighted by molar-refractivity contribution is 8.26. The predicted octanol–water partition coefficient (Wildman–Crippen LogP) is 2.57. The molecule has 0 atom stereocenters. The topological polar surface area (TPSA) is 65.1 Å². The zero-order chi connectivity index (χ0) is 17.1. The maximum Gasteiger partial charge on any atom is 0.307 e. The summed E-state index contributed by atoms with van der Waals surface area (Å²) in [7, 11) is 0. The highest BCUT2D eigenvalue weighted by Gasteiger charge is 2.32. The number of ether oxygens (including phenoxy) is 3. The molecule has 1 fully saturated rings. The van der Waals surface area contributed by atoms with Crippen LogP contribution in [0.25, 0.3) is 6.08 Å². The molecule has 6 nitrogen and oxygen atoms in total. The van der Waals surface area contributed by atoms with Gasteiger partial charge in [-0.1, -0.05) is 30.0 Å². The van der Waals surface area contributed by atoms with Crippen molar-refractivity contribution in [2.45, 2.75) is 13.3 Å². The number of amides is 1. The summed E-state index contributed by atoms with van der Waals surface area (Å²) < 4.78 is 15.9. The fourth-order valence-electron chi connectivity index (χ4n) is 2.28. The van der Waals surface area contributed by atoms with E-state index in [0.29, 0.717) is 27.3 Å². The largest absolute Gasteiger partial charge is 0.466 e. The van der Waals surface area contributed by atoms with Crippen molar-refractivity contribution in [2.24, 2.45) is 0 Å². The second kappa shape index (κ2) is 7.23. The molecule has 0 N–H and O–H groups in total. The van der Waals surface area contributed by atoms with E-state index in [4.69, 9.17) is 26.4 Å². The summed E-state index contributed by atoms with van der Waals surface area (Å²) in [6, 6.07) is 5.46. The van der Waals surface area contributed by atoms with Gasteiger partial charge in [-0.3, -0.25) is 14.5 Å². The Kier molecular flexibility index (Phi) is 5.06. The first-order valence-corrected chi connectivity index (χ1v) is 8.61. The molecule has 126 valence electrons. The number of rotatable bonds is 5. The molecule has 8 heteroatoms. The second-order valence-electron chi connectivity index (χ2n) is 5.00.